The molecule has 0 saturated carbocycles. The topological polar surface area (TPSA) is 169 Å². The van der Waals surface area contributed by atoms with Crippen molar-refractivity contribution in [1.29, 1.82) is 0 Å². The SMILES string of the molecule is CCCCC/C=C\C/C=C\C/C=C\CCCCCCC(=O)O[C@H](COC(=O)CCC/C=C\C/C=C\C/C=C\C/C=C\CC[C@@H](O)CC)COP(=O)(O)OC[C@@H](O)CO. The first-order chi connectivity index (χ1) is 28.1. The normalized spacial score (nSPS) is 15.2. The van der Waals surface area contributed by atoms with Crippen LogP contribution < -0.4 is 0 Å². The molecule has 0 radical (unpaired) electrons. The largest absolute Gasteiger partial charge is 0.472 e. The number of phosphoric ester groups is 1. The second-order valence-electron chi connectivity index (χ2n) is 14.2. The molecule has 0 aromatic carbocycles. The van der Waals surface area contributed by atoms with Crippen molar-refractivity contribution in [2.75, 3.05) is 26.4 Å². The van der Waals surface area contributed by atoms with Crippen LogP contribution in [0, 0.1) is 0 Å². The highest BCUT2D eigenvalue weighted by Crippen LogP contribution is 2.43. The fourth-order valence-corrected chi connectivity index (χ4v) is 5.94. The van der Waals surface area contributed by atoms with E-state index in [0.29, 0.717) is 19.3 Å². The molecule has 0 fully saturated rings. The van der Waals surface area contributed by atoms with Gasteiger partial charge < -0.3 is 29.7 Å². The predicted molar refractivity (Wildman–Crippen MR) is 234 cm³/mol. The number of carbonyl (C=O) groups excluding carboxylic acids is 2. The molecule has 0 rings (SSSR count). The molecule has 0 aliphatic heterocycles. The van der Waals surface area contributed by atoms with E-state index in [-0.39, 0.29) is 25.6 Å². The Bertz CT molecular complexity index is 1250. The molecule has 11 nitrogen and oxygen atoms in total. The second kappa shape index (κ2) is 40.9. The predicted octanol–water partition coefficient (Wildman–Crippen LogP) is 10.4. The van der Waals surface area contributed by atoms with E-state index in [1.165, 1.54) is 19.3 Å². The Labute approximate surface area is 350 Å². The van der Waals surface area contributed by atoms with E-state index in [1.54, 1.807) is 0 Å². The molecule has 12 heteroatoms. The zero-order chi connectivity index (χ0) is 42.8. The number of hydrogen-bond acceptors (Lipinski definition) is 10. The summed E-state index contributed by atoms with van der Waals surface area (Å²) in [4.78, 5) is 35.0. The lowest BCUT2D eigenvalue weighted by Gasteiger charge is -2.20. The number of allylic oxidation sites excluding steroid dienone is 14. The Morgan fingerprint density at radius 2 is 1.02 bits per heavy atom. The van der Waals surface area contributed by atoms with Gasteiger partial charge >= 0.3 is 19.8 Å². The van der Waals surface area contributed by atoms with Gasteiger partial charge in [-0.05, 0) is 96.3 Å². The smallest absolute Gasteiger partial charge is 0.462 e. The molecule has 4 N–H and O–H groups in total. The van der Waals surface area contributed by atoms with Crippen molar-refractivity contribution in [3.05, 3.63) is 85.1 Å². The van der Waals surface area contributed by atoms with Crippen LogP contribution in [0.25, 0.3) is 0 Å². The number of aliphatic hydroxyl groups is 3. The van der Waals surface area contributed by atoms with Crippen molar-refractivity contribution in [2.45, 2.75) is 167 Å². The van der Waals surface area contributed by atoms with Crippen LogP contribution in [0.3, 0.4) is 0 Å². The van der Waals surface area contributed by atoms with Crippen LogP contribution in [0.15, 0.2) is 85.1 Å². The molecule has 332 valence electrons. The minimum Gasteiger partial charge on any atom is -0.462 e. The van der Waals surface area contributed by atoms with Gasteiger partial charge in [-0.15, -0.1) is 0 Å². The average Bonchev–Trinajstić information content (AvgIpc) is 3.21. The Morgan fingerprint density at radius 1 is 0.552 bits per heavy atom. The summed E-state index contributed by atoms with van der Waals surface area (Å²) in [6.45, 7) is 1.95. The molecule has 0 heterocycles. The monoisotopic (exact) mass is 837 g/mol. The number of esters is 2. The van der Waals surface area contributed by atoms with E-state index < -0.39 is 51.8 Å². The summed E-state index contributed by atoms with van der Waals surface area (Å²) >= 11 is 0. The molecular weight excluding hydrogens is 759 g/mol. The van der Waals surface area contributed by atoms with Gasteiger partial charge in [-0.1, -0.05) is 125 Å². The highest BCUT2D eigenvalue weighted by Gasteiger charge is 2.27. The van der Waals surface area contributed by atoms with Crippen molar-refractivity contribution in [1.82, 2.24) is 0 Å². The molecule has 0 amide bonds. The number of ether oxygens (including phenoxy) is 2. The zero-order valence-electron chi connectivity index (χ0n) is 35.6. The number of carbonyl (C=O) groups is 2. The van der Waals surface area contributed by atoms with Crippen LogP contribution in [0.2, 0.25) is 0 Å². The quantitative estimate of drug-likeness (QED) is 0.0201. The summed E-state index contributed by atoms with van der Waals surface area (Å²) in [6.07, 6.45) is 44.9. The van der Waals surface area contributed by atoms with Crippen LogP contribution in [0.4, 0.5) is 0 Å². The number of hydrogen-bond donors (Lipinski definition) is 4. The maximum absolute atomic E-state index is 12.6. The van der Waals surface area contributed by atoms with Crippen molar-refractivity contribution in [2.24, 2.45) is 0 Å². The standard InChI is InChI=1S/C46H77O11P/c1-3-5-6-7-8-9-10-11-12-13-14-19-22-25-28-31-34-37-46(51)57-44(41-56-58(52,53)55-39-43(49)38-47)40-54-45(50)36-33-30-27-24-21-18-16-15-17-20-23-26-29-32-35-42(48)4-2/h8-9,11-12,14,16-20,24,26-27,29,42-44,47-49H,3-7,10,13,15,21-23,25,28,30-41H2,1-2H3,(H,52,53)/b9-8-,12-11-,18-16-,19-14-,20-17-,27-24-,29-26-/t42-,43-,44+/m0/s1. The minimum atomic E-state index is -4.65. The Hall–Kier alpha value is -2.89. The fraction of sp³-hybridized carbons (Fsp3) is 0.652. The summed E-state index contributed by atoms with van der Waals surface area (Å²) in [6, 6.07) is 0. The van der Waals surface area contributed by atoms with Gasteiger partial charge in [0.2, 0.25) is 0 Å². The van der Waals surface area contributed by atoms with Crippen molar-refractivity contribution >= 4 is 19.8 Å². The Morgan fingerprint density at radius 3 is 1.55 bits per heavy atom. The van der Waals surface area contributed by atoms with E-state index in [1.807, 2.05) is 19.1 Å². The third kappa shape index (κ3) is 39.9. The fourth-order valence-electron chi connectivity index (χ4n) is 5.15. The molecule has 0 aliphatic rings. The van der Waals surface area contributed by atoms with Crippen LogP contribution in [-0.4, -0.2) is 76.9 Å². The van der Waals surface area contributed by atoms with E-state index in [4.69, 9.17) is 19.1 Å². The van der Waals surface area contributed by atoms with E-state index in [2.05, 4.69) is 84.4 Å². The van der Waals surface area contributed by atoms with E-state index in [0.717, 1.165) is 83.5 Å². The van der Waals surface area contributed by atoms with Gasteiger partial charge in [0.15, 0.2) is 6.10 Å². The first-order valence-corrected chi connectivity index (χ1v) is 23.1. The molecule has 0 bridgehead atoms. The summed E-state index contributed by atoms with van der Waals surface area (Å²) in [5.74, 6) is -1.04. The van der Waals surface area contributed by atoms with Gasteiger partial charge in [-0.3, -0.25) is 18.6 Å². The van der Waals surface area contributed by atoms with E-state index in [9.17, 15) is 29.3 Å². The molecule has 4 atom stereocenters. The van der Waals surface area contributed by atoms with Crippen LogP contribution in [-0.2, 0) is 32.7 Å². The number of rotatable bonds is 39. The van der Waals surface area contributed by atoms with Gasteiger partial charge in [-0.25, -0.2) is 4.57 Å². The van der Waals surface area contributed by atoms with Crippen LogP contribution in [0.1, 0.15) is 149 Å². The van der Waals surface area contributed by atoms with Gasteiger partial charge in [0, 0.05) is 12.8 Å². The molecule has 0 saturated heterocycles. The number of unbranched alkanes of at least 4 members (excludes halogenated alkanes) is 8. The Kier molecular flexibility index (Phi) is 38.8. The minimum absolute atomic E-state index is 0.135. The Balaban J connectivity index is 4.47. The molecule has 1 unspecified atom stereocenters. The van der Waals surface area contributed by atoms with Crippen molar-refractivity contribution in [3.8, 4) is 0 Å². The summed E-state index contributed by atoms with van der Waals surface area (Å²) in [5.41, 5.74) is 0. The summed E-state index contributed by atoms with van der Waals surface area (Å²) < 4.78 is 32.6. The summed E-state index contributed by atoms with van der Waals surface area (Å²) in [5, 5.41) is 27.9. The number of phosphoric acid groups is 1. The average molecular weight is 837 g/mol. The molecule has 0 aliphatic carbocycles. The van der Waals surface area contributed by atoms with E-state index >= 15 is 0 Å². The summed E-state index contributed by atoms with van der Waals surface area (Å²) in [7, 11) is -4.65. The molecule has 0 spiro atoms. The third-order valence-corrected chi connectivity index (χ3v) is 9.64. The first-order valence-electron chi connectivity index (χ1n) is 21.6. The third-order valence-electron chi connectivity index (χ3n) is 8.69. The van der Waals surface area contributed by atoms with Crippen LogP contribution in [0.5, 0.6) is 0 Å². The van der Waals surface area contributed by atoms with Crippen molar-refractivity contribution in [3.63, 3.8) is 0 Å². The maximum atomic E-state index is 12.6. The molecular formula is C46H77O11P. The van der Waals surface area contributed by atoms with Gasteiger partial charge in [0.25, 0.3) is 0 Å². The zero-order valence-corrected chi connectivity index (χ0v) is 36.5. The lowest BCUT2D eigenvalue weighted by molar-refractivity contribution is -0.161. The highest BCUT2D eigenvalue weighted by atomic mass is 31.2. The maximum Gasteiger partial charge on any atom is 0.472 e. The molecule has 0 aromatic heterocycles. The van der Waals surface area contributed by atoms with Crippen molar-refractivity contribution < 1.29 is 52.9 Å². The lowest BCUT2D eigenvalue weighted by Crippen LogP contribution is -2.29. The molecule has 0 aromatic rings. The van der Waals surface area contributed by atoms with Gasteiger partial charge in [0.05, 0.1) is 25.9 Å². The van der Waals surface area contributed by atoms with Gasteiger partial charge in [0.1, 0.15) is 12.7 Å². The van der Waals surface area contributed by atoms with Gasteiger partial charge in [-0.2, -0.15) is 0 Å². The first kappa shape index (κ1) is 55.1. The number of aliphatic hydroxyl groups excluding tert-OH is 3. The highest BCUT2D eigenvalue weighted by molar-refractivity contribution is 7.47. The molecule has 58 heavy (non-hydrogen) atoms. The second-order valence-corrected chi connectivity index (χ2v) is 15.6. The van der Waals surface area contributed by atoms with Crippen LogP contribution >= 0.6 is 7.82 Å². The lowest BCUT2D eigenvalue weighted by atomic mass is 10.1.